The van der Waals surface area contributed by atoms with Crippen LogP contribution in [0.15, 0.2) is 329 Å². The van der Waals surface area contributed by atoms with Gasteiger partial charge in [-0.25, -0.2) is 59.8 Å². The Balaban J connectivity index is 0.907. The highest BCUT2D eigenvalue weighted by atomic mass is 15.0. The predicted octanol–water partition coefficient (Wildman–Crippen LogP) is 18.8. The first kappa shape index (κ1) is 57.6. The lowest BCUT2D eigenvalue weighted by atomic mass is 9.66. The molecule has 12 aromatic carbocycles. The Kier molecular flexibility index (Phi) is 14.8. The minimum absolute atomic E-state index is 0.568. The van der Waals surface area contributed by atoms with E-state index in [2.05, 4.69) is 202 Å². The molecule has 17 rings (SSSR count). The van der Waals surface area contributed by atoms with Crippen molar-refractivity contribution >= 4 is 0 Å². The Bertz CT molecular complexity index is 4980. The van der Waals surface area contributed by atoms with E-state index >= 15 is 0 Å². The van der Waals surface area contributed by atoms with Gasteiger partial charge in [0.05, 0.1) is 5.41 Å². The fraction of sp³-hybridized carbons (Fsp3) is 0.0118. The van der Waals surface area contributed by atoms with Crippen molar-refractivity contribution in [3.8, 4) is 147 Å². The zero-order chi connectivity index (χ0) is 64.5. The quantitative estimate of drug-likeness (QED) is 0.102. The Morgan fingerprint density at radius 3 is 0.639 bits per heavy atom. The van der Waals surface area contributed by atoms with E-state index in [0.29, 0.717) is 46.6 Å². The molecule has 0 spiro atoms. The van der Waals surface area contributed by atoms with Gasteiger partial charge in [-0.15, -0.1) is 0 Å². The highest BCUT2D eigenvalue weighted by Gasteiger charge is 2.47. The van der Waals surface area contributed by atoms with E-state index in [-0.39, 0.29) is 0 Å². The number of benzene rings is 12. The molecule has 0 radical (unpaired) electrons. The summed E-state index contributed by atoms with van der Waals surface area (Å²) >= 11 is 0. The fourth-order valence-electron chi connectivity index (χ4n) is 13.4. The second kappa shape index (κ2) is 25.0. The lowest BCUT2D eigenvalue weighted by Crippen LogP contribution is -2.29. The third-order valence-electron chi connectivity index (χ3n) is 17.9. The van der Waals surface area contributed by atoms with E-state index in [0.717, 1.165) is 122 Å². The number of nitrogens with zero attached hydrogens (tertiary/aromatic N) is 12. The van der Waals surface area contributed by atoms with Crippen molar-refractivity contribution in [2.75, 3.05) is 0 Å². The summed E-state index contributed by atoms with van der Waals surface area (Å²) in [6.07, 6.45) is 6.37. The van der Waals surface area contributed by atoms with Gasteiger partial charge in [-0.2, -0.15) is 0 Å². The third-order valence-corrected chi connectivity index (χ3v) is 17.9. The minimum atomic E-state index is -0.956. The van der Waals surface area contributed by atoms with E-state index in [9.17, 15) is 0 Å². The molecule has 1 aliphatic rings. The Morgan fingerprint density at radius 2 is 0.371 bits per heavy atom. The van der Waals surface area contributed by atoms with Crippen LogP contribution in [0, 0.1) is 0 Å². The molecule has 12 heteroatoms. The van der Waals surface area contributed by atoms with Gasteiger partial charge < -0.3 is 0 Å². The molecule has 0 atom stereocenters. The van der Waals surface area contributed by atoms with Crippen molar-refractivity contribution in [3.05, 3.63) is 351 Å². The largest absolute Gasteiger partial charge is 0.217 e. The second-order valence-electron chi connectivity index (χ2n) is 23.8. The molecule has 4 aromatic heterocycles. The number of hydrogen-bond acceptors (Lipinski definition) is 12. The van der Waals surface area contributed by atoms with Crippen LogP contribution in [-0.4, -0.2) is 59.8 Å². The van der Waals surface area contributed by atoms with Crippen molar-refractivity contribution in [2.24, 2.45) is 0 Å². The average molecular weight is 1240 g/mol. The zero-order valence-corrected chi connectivity index (χ0v) is 52.0. The molecule has 12 nitrogen and oxygen atoms in total. The summed E-state index contributed by atoms with van der Waals surface area (Å²) in [6, 6.07) is 106. The average Bonchev–Trinajstić information content (AvgIpc) is 1.56. The topological polar surface area (TPSA) is 155 Å². The van der Waals surface area contributed by atoms with Crippen LogP contribution in [0.2, 0.25) is 0 Å². The summed E-state index contributed by atoms with van der Waals surface area (Å²) in [4.78, 5) is 57.7. The molecule has 0 fully saturated rings. The Labute approximate surface area is 559 Å². The molecule has 97 heavy (non-hydrogen) atoms. The summed E-state index contributed by atoms with van der Waals surface area (Å²) in [7, 11) is 0. The highest BCUT2D eigenvalue weighted by Crippen LogP contribution is 2.58. The summed E-state index contributed by atoms with van der Waals surface area (Å²) in [5.41, 5.74) is 20.6. The first-order valence-corrected chi connectivity index (χ1v) is 31.9. The molecule has 16 aromatic rings. The minimum Gasteiger partial charge on any atom is -0.217 e. The summed E-state index contributed by atoms with van der Waals surface area (Å²) in [5.74, 6) is 4.66. The standard InChI is InChI=1S/C85H54N12/c1-5-21-55(22-6-1)77-86-51-90-81(94-77)63-33-17-29-59(41-63)67-45-68(60-30-18-34-64(42-60)82-91-52-87-78(95-82)56-23-7-2-8-24-56)48-71(47-67)85(75-39-15-13-37-73(75)74-38-14-16-40-76(74)85)72-49-69(61-31-19-35-65(43-61)83-92-53-88-79(96-83)57-25-9-3-10-26-57)46-70(50-72)62-32-20-36-66(44-62)84-93-54-89-80(97-84)58-27-11-4-12-28-58/h1-54H. The van der Waals surface area contributed by atoms with Crippen LogP contribution < -0.4 is 0 Å². The van der Waals surface area contributed by atoms with Crippen LogP contribution in [0.5, 0.6) is 0 Å². The summed E-state index contributed by atoms with van der Waals surface area (Å²) < 4.78 is 0. The summed E-state index contributed by atoms with van der Waals surface area (Å²) in [5, 5.41) is 0. The fourth-order valence-corrected chi connectivity index (χ4v) is 13.4. The molecular weight excluding hydrogens is 1190 g/mol. The number of rotatable bonds is 14. The van der Waals surface area contributed by atoms with E-state index in [1.807, 2.05) is 121 Å². The van der Waals surface area contributed by atoms with Gasteiger partial charge >= 0.3 is 0 Å². The monoisotopic (exact) mass is 1240 g/mol. The van der Waals surface area contributed by atoms with Crippen molar-refractivity contribution in [3.63, 3.8) is 0 Å². The van der Waals surface area contributed by atoms with Crippen molar-refractivity contribution < 1.29 is 0 Å². The first-order chi connectivity index (χ1) is 48.0. The molecule has 0 aliphatic heterocycles. The van der Waals surface area contributed by atoms with Crippen molar-refractivity contribution in [1.82, 2.24) is 59.8 Å². The smallest absolute Gasteiger partial charge is 0.163 e. The summed E-state index contributed by atoms with van der Waals surface area (Å²) in [6.45, 7) is 0. The molecule has 0 bridgehead atoms. The van der Waals surface area contributed by atoms with Gasteiger partial charge in [0.25, 0.3) is 0 Å². The number of fused-ring (bicyclic) bond motifs is 3. The van der Waals surface area contributed by atoms with Crippen molar-refractivity contribution in [2.45, 2.75) is 5.41 Å². The zero-order valence-electron chi connectivity index (χ0n) is 52.0. The third kappa shape index (κ3) is 11.1. The van der Waals surface area contributed by atoms with Gasteiger partial charge in [0.1, 0.15) is 25.3 Å². The molecule has 1 aliphatic carbocycles. The van der Waals surface area contributed by atoms with Crippen LogP contribution in [0.3, 0.4) is 0 Å². The van der Waals surface area contributed by atoms with Crippen LogP contribution in [0.4, 0.5) is 0 Å². The normalized spacial score (nSPS) is 12.0. The molecule has 4 heterocycles. The maximum absolute atomic E-state index is 5.04. The lowest BCUT2D eigenvalue weighted by molar-refractivity contribution is 0.770. The van der Waals surface area contributed by atoms with Crippen LogP contribution in [0.1, 0.15) is 22.3 Å². The molecule has 0 amide bonds. The highest BCUT2D eigenvalue weighted by molar-refractivity contribution is 5.91. The molecule has 0 N–H and O–H groups in total. The molecule has 0 saturated heterocycles. The molecule has 0 unspecified atom stereocenters. The molecule has 454 valence electrons. The van der Waals surface area contributed by atoms with Gasteiger partial charge in [0, 0.05) is 44.5 Å². The van der Waals surface area contributed by atoms with Crippen LogP contribution in [0.25, 0.3) is 147 Å². The van der Waals surface area contributed by atoms with Gasteiger partial charge in [0.15, 0.2) is 46.6 Å². The maximum atomic E-state index is 5.04. The van der Waals surface area contributed by atoms with Gasteiger partial charge in [0.2, 0.25) is 0 Å². The van der Waals surface area contributed by atoms with Crippen molar-refractivity contribution in [1.29, 1.82) is 0 Å². The Morgan fingerprint density at radius 1 is 0.165 bits per heavy atom. The molecule has 0 saturated carbocycles. The van der Waals surface area contributed by atoms with E-state index in [1.165, 1.54) is 0 Å². The van der Waals surface area contributed by atoms with Gasteiger partial charge in [-0.3, -0.25) is 0 Å². The van der Waals surface area contributed by atoms with Gasteiger partial charge in [-0.05, 0) is 139 Å². The predicted molar refractivity (Wildman–Crippen MR) is 383 cm³/mol. The molecular formula is C85H54N12. The van der Waals surface area contributed by atoms with Gasteiger partial charge in [-0.1, -0.05) is 243 Å². The van der Waals surface area contributed by atoms with E-state index < -0.39 is 5.41 Å². The first-order valence-electron chi connectivity index (χ1n) is 31.9. The van der Waals surface area contributed by atoms with Crippen LogP contribution in [-0.2, 0) is 5.41 Å². The van der Waals surface area contributed by atoms with E-state index in [1.54, 1.807) is 25.3 Å². The SMILES string of the molecule is c1ccc(-c2ncnc(-c3cccc(-c4cc(-c5cccc(-c6ncnc(-c7ccccc7)n6)c5)cc(C5(c6cc(-c7cccc(-c8ncnc(-c9ccccc9)n8)c7)cc(-c7cccc(-c8ncnc(-c9ccccc9)n8)c7)c6)c6ccccc6-c6ccccc65)c4)c3)n2)cc1. The van der Waals surface area contributed by atoms with Crippen LogP contribution >= 0.6 is 0 Å². The Hall–Kier alpha value is -13.3. The number of hydrogen-bond donors (Lipinski definition) is 0. The lowest BCUT2D eigenvalue weighted by Gasteiger charge is -2.35. The maximum Gasteiger partial charge on any atom is 0.163 e. The second-order valence-corrected chi connectivity index (χ2v) is 23.8. The number of aromatic nitrogens is 12. The van der Waals surface area contributed by atoms with E-state index in [4.69, 9.17) is 39.9 Å².